The average molecular weight is 506 g/mol. The van der Waals surface area contributed by atoms with Crippen molar-refractivity contribution in [1.82, 2.24) is 20.4 Å². The van der Waals surface area contributed by atoms with Gasteiger partial charge in [0.1, 0.15) is 17.2 Å². The molecule has 38 heavy (non-hydrogen) atoms. The van der Waals surface area contributed by atoms with Crippen LogP contribution in [0.1, 0.15) is 6.42 Å². The topological polar surface area (TPSA) is 103 Å². The molecule has 1 saturated heterocycles. The maximum Gasteiger partial charge on any atom is 0.321 e. The normalized spacial score (nSPS) is 13.2. The lowest BCUT2D eigenvalue weighted by molar-refractivity contribution is 0.243. The Morgan fingerprint density at radius 1 is 0.789 bits per heavy atom. The van der Waals surface area contributed by atoms with Gasteiger partial charge >= 0.3 is 6.03 Å². The number of nitrogens with zero attached hydrogens (tertiary/aromatic N) is 4. The van der Waals surface area contributed by atoms with Gasteiger partial charge in [-0.25, -0.2) is 9.78 Å². The summed E-state index contributed by atoms with van der Waals surface area (Å²) >= 11 is 0. The van der Waals surface area contributed by atoms with E-state index in [4.69, 9.17) is 14.0 Å². The molecular formula is C29H23N5O4. The third kappa shape index (κ3) is 5.17. The van der Waals surface area contributed by atoms with Gasteiger partial charge in [-0.3, -0.25) is 4.90 Å². The van der Waals surface area contributed by atoms with Crippen LogP contribution in [0.2, 0.25) is 0 Å². The van der Waals surface area contributed by atoms with E-state index in [0.717, 1.165) is 23.4 Å². The van der Waals surface area contributed by atoms with E-state index in [2.05, 4.69) is 20.4 Å². The van der Waals surface area contributed by atoms with Crippen LogP contribution in [0.5, 0.6) is 23.1 Å². The van der Waals surface area contributed by atoms with Crippen molar-refractivity contribution in [2.75, 3.05) is 18.0 Å². The van der Waals surface area contributed by atoms with E-state index in [1.54, 1.807) is 17.2 Å². The summed E-state index contributed by atoms with van der Waals surface area (Å²) in [7, 11) is 0. The number of carbonyl (C=O) groups is 1. The molecule has 5 aromatic rings. The molecule has 9 heteroatoms. The summed E-state index contributed by atoms with van der Waals surface area (Å²) in [4.78, 5) is 22.7. The molecule has 0 bridgehead atoms. The predicted octanol–water partition coefficient (Wildman–Crippen LogP) is 6.30. The van der Waals surface area contributed by atoms with E-state index in [1.165, 1.54) is 0 Å². The Bertz CT molecular complexity index is 1520. The summed E-state index contributed by atoms with van der Waals surface area (Å²) in [5.74, 6) is 3.35. The first-order chi connectivity index (χ1) is 18.7. The van der Waals surface area contributed by atoms with Crippen LogP contribution in [-0.2, 0) is 0 Å². The second kappa shape index (κ2) is 10.4. The molecule has 188 valence electrons. The molecule has 9 nitrogen and oxygen atoms in total. The van der Waals surface area contributed by atoms with Crippen LogP contribution in [0, 0.1) is 0 Å². The highest BCUT2D eigenvalue weighted by molar-refractivity contribution is 5.92. The number of ether oxygens (including phenoxy) is 2. The molecule has 0 unspecified atom stereocenters. The van der Waals surface area contributed by atoms with Crippen LogP contribution in [0.25, 0.3) is 22.8 Å². The highest BCUT2D eigenvalue weighted by Crippen LogP contribution is 2.28. The molecule has 2 aromatic heterocycles. The van der Waals surface area contributed by atoms with E-state index in [9.17, 15) is 4.79 Å². The van der Waals surface area contributed by atoms with Gasteiger partial charge in [0.2, 0.25) is 11.7 Å². The van der Waals surface area contributed by atoms with Crippen LogP contribution in [-0.4, -0.2) is 34.2 Å². The summed E-state index contributed by atoms with van der Waals surface area (Å²) in [6, 6.07) is 27.9. The number of hydrogen-bond donors (Lipinski definition) is 1. The van der Waals surface area contributed by atoms with Crippen LogP contribution < -0.4 is 19.7 Å². The van der Waals surface area contributed by atoms with Crippen molar-refractivity contribution < 1.29 is 18.8 Å². The Labute approximate surface area is 218 Å². The molecule has 0 atom stereocenters. The fraction of sp³-hybridized carbons (Fsp3) is 0.103. The first kappa shape index (κ1) is 23.2. The summed E-state index contributed by atoms with van der Waals surface area (Å²) < 4.78 is 17.1. The molecule has 0 aliphatic carbocycles. The van der Waals surface area contributed by atoms with Crippen LogP contribution in [0.3, 0.4) is 0 Å². The van der Waals surface area contributed by atoms with Crippen molar-refractivity contribution in [2.24, 2.45) is 0 Å². The fourth-order valence-corrected chi connectivity index (χ4v) is 4.01. The molecule has 0 spiro atoms. The van der Waals surface area contributed by atoms with E-state index >= 15 is 0 Å². The van der Waals surface area contributed by atoms with Gasteiger partial charge < -0.3 is 19.3 Å². The van der Waals surface area contributed by atoms with Gasteiger partial charge in [0, 0.05) is 36.6 Å². The lowest BCUT2D eigenvalue weighted by Crippen LogP contribution is -2.46. The molecule has 1 aliphatic heterocycles. The summed E-state index contributed by atoms with van der Waals surface area (Å²) in [6.07, 6.45) is 2.53. The molecule has 0 saturated carbocycles. The van der Waals surface area contributed by atoms with Gasteiger partial charge in [-0.15, -0.1) is 0 Å². The number of benzene rings is 3. The van der Waals surface area contributed by atoms with Crippen LogP contribution >= 0.6 is 0 Å². The third-order valence-electron chi connectivity index (χ3n) is 5.95. The Balaban J connectivity index is 1.09. The molecule has 1 fully saturated rings. The van der Waals surface area contributed by atoms with Gasteiger partial charge in [0.25, 0.3) is 5.89 Å². The largest absolute Gasteiger partial charge is 0.457 e. The zero-order valence-electron chi connectivity index (χ0n) is 20.3. The fourth-order valence-electron chi connectivity index (χ4n) is 4.01. The van der Waals surface area contributed by atoms with Crippen LogP contribution in [0.15, 0.2) is 102 Å². The predicted molar refractivity (Wildman–Crippen MR) is 141 cm³/mol. The number of carbonyl (C=O) groups excluding carboxylic acids is 1. The van der Waals surface area contributed by atoms with E-state index < -0.39 is 0 Å². The minimum atomic E-state index is -0.0835. The Hall–Kier alpha value is -5.18. The number of rotatable bonds is 7. The molecular weight excluding hydrogens is 482 g/mol. The second-order valence-corrected chi connectivity index (χ2v) is 8.58. The minimum absolute atomic E-state index is 0.0835. The molecule has 3 heterocycles. The Morgan fingerprint density at radius 2 is 1.50 bits per heavy atom. The minimum Gasteiger partial charge on any atom is -0.457 e. The number of hydrogen-bond acceptors (Lipinski definition) is 7. The highest BCUT2D eigenvalue weighted by Gasteiger charge is 2.19. The third-order valence-corrected chi connectivity index (χ3v) is 5.95. The summed E-state index contributed by atoms with van der Waals surface area (Å²) in [6.45, 7) is 1.40. The number of nitrogens with one attached hydrogen (secondary N) is 1. The summed E-state index contributed by atoms with van der Waals surface area (Å²) in [5.41, 5.74) is 2.28. The second-order valence-electron chi connectivity index (χ2n) is 8.58. The number of urea groups is 1. The molecule has 6 rings (SSSR count). The lowest BCUT2D eigenvalue weighted by Gasteiger charge is -2.27. The lowest BCUT2D eigenvalue weighted by atomic mass is 10.1. The zero-order valence-corrected chi connectivity index (χ0v) is 20.3. The van der Waals surface area contributed by atoms with Gasteiger partial charge in [-0.2, -0.15) is 4.98 Å². The van der Waals surface area contributed by atoms with Gasteiger partial charge in [0.05, 0.1) is 5.56 Å². The van der Waals surface area contributed by atoms with Gasteiger partial charge in [0.15, 0.2) is 0 Å². The smallest absolute Gasteiger partial charge is 0.321 e. The first-order valence-electron chi connectivity index (χ1n) is 12.2. The number of anilines is 1. The monoisotopic (exact) mass is 505 g/mol. The van der Waals surface area contributed by atoms with Gasteiger partial charge in [-0.1, -0.05) is 23.4 Å². The average Bonchev–Trinajstić information content (AvgIpc) is 3.46. The van der Waals surface area contributed by atoms with E-state index in [0.29, 0.717) is 47.7 Å². The molecule has 1 aliphatic rings. The number of aromatic nitrogens is 3. The Morgan fingerprint density at radius 3 is 2.21 bits per heavy atom. The van der Waals surface area contributed by atoms with Gasteiger partial charge in [-0.05, 0) is 73.2 Å². The van der Waals surface area contributed by atoms with E-state index in [1.807, 2.05) is 84.9 Å². The number of amides is 2. The highest BCUT2D eigenvalue weighted by atomic mass is 16.5. The van der Waals surface area contributed by atoms with E-state index in [-0.39, 0.29) is 6.03 Å². The maximum atomic E-state index is 12.1. The molecule has 1 N–H and O–H groups in total. The molecule has 3 aromatic carbocycles. The zero-order chi connectivity index (χ0) is 25.7. The van der Waals surface area contributed by atoms with Crippen molar-refractivity contribution >= 4 is 11.7 Å². The van der Waals surface area contributed by atoms with Crippen molar-refractivity contribution in [3.63, 3.8) is 0 Å². The molecule has 2 amide bonds. The SMILES string of the molecule is O=C1NCCCN1c1ccc(-c2noc(-c3ccc(Oc4ccc(Oc5ccccc5)cc4)nc3)n2)cc1. The van der Waals surface area contributed by atoms with Crippen molar-refractivity contribution in [3.8, 4) is 46.0 Å². The van der Waals surface area contributed by atoms with Crippen molar-refractivity contribution in [1.29, 1.82) is 0 Å². The number of para-hydroxylation sites is 1. The number of pyridine rings is 1. The maximum absolute atomic E-state index is 12.1. The quantitative estimate of drug-likeness (QED) is 0.277. The Kier molecular flexibility index (Phi) is 6.38. The summed E-state index contributed by atoms with van der Waals surface area (Å²) in [5, 5.41) is 6.95. The molecule has 0 radical (unpaired) electrons. The van der Waals surface area contributed by atoms with Crippen LogP contribution in [0.4, 0.5) is 10.5 Å². The van der Waals surface area contributed by atoms with Crippen molar-refractivity contribution in [3.05, 3.63) is 97.2 Å². The standard InChI is InChI=1S/C29H23N5O4/c35-29-30-17-4-18-34(29)22-10-7-20(8-11-22)27-32-28(38-33-27)21-9-16-26(31-19-21)37-25-14-12-24(13-15-25)36-23-5-2-1-3-6-23/h1-3,5-16,19H,4,17-18H2,(H,30,35). The van der Waals surface area contributed by atoms with Crippen molar-refractivity contribution in [2.45, 2.75) is 6.42 Å². The first-order valence-corrected chi connectivity index (χ1v) is 12.2.